The van der Waals surface area contributed by atoms with E-state index in [1.807, 2.05) is 30.3 Å². The zero-order valence-electron chi connectivity index (χ0n) is 12.8. The van der Waals surface area contributed by atoms with E-state index in [0.717, 1.165) is 11.6 Å². The van der Waals surface area contributed by atoms with Crippen LogP contribution in [0.5, 0.6) is 0 Å². The molecule has 0 unspecified atom stereocenters. The highest BCUT2D eigenvalue weighted by molar-refractivity contribution is 6.08. The van der Waals surface area contributed by atoms with Gasteiger partial charge in [-0.2, -0.15) is 0 Å². The summed E-state index contributed by atoms with van der Waals surface area (Å²) in [5, 5.41) is 0. The quantitative estimate of drug-likeness (QED) is 0.810. The third-order valence-electron chi connectivity index (χ3n) is 5.04. The predicted molar refractivity (Wildman–Crippen MR) is 82.8 cm³/mol. The summed E-state index contributed by atoms with van der Waals surface area (Å²) < 4.78 is 27.1. The van der Waals surface area contributed by atoms with Gasteiger partial charge in [-0.15, -0.1) is 0 Å². The molecule has 5 heteroatoms. The molecule has 4 rings (SSSR count). The molecule has 2 aliphatic rings. The van der Waals surface area contributed by atoms with Crippen molar-refractivity contribution in [2.24, 2.45) is 5.41 Å². The maximum absolute atomic E-state index is 14.0. The van der Waals surface area contributed by atoms with E-state index in [2.05, 4.69) is 0 Å². The van der Waals surface area contributed by atoms with Crippen LogP contribution in [0.1, 0.15) is 29.9 Å². The van der Waals surface area contributed by atoms with Crippen molar-refractivity contribution in [3.05, 3.63) is 71.3 Å². The molecule has 1 aliphatic heterocycles. The Balaban J connectivity index is 1.58. The average molecular weight is 327 g/mol. The van der Waals surface area contributed by atoms with Crippen LogP contribution >= 0.6 is 0 Å². The largest absolute Gasteiger partial charge is 0.278 e. The molecular formula is C19H15F2NO2. The molecule has 2 atom stereocenters. The van der Waals surface area contributed by atoms with E-state index in [-0.39, 0.29) is 30.7 Å². The van der Waals surface area contributed by atoms with Crippen LogP contribution in [-0.4, -0.2) is 16.7 Å². The van der Waals surface area contributed by atoms with E-state index in [0.29, 0.717) is 12.0 Å². The van der Waals surface area contributed by atoms with E-state index in [1.165, 1.54) is 17.0 Å². The lowest BCUT2D eigenvalue weighted by Gasteiger charge is -2.15. The van der Waals surface area contributed by atoms with Crippen LogP contribution in [0.25, 0.3) is 0 Å². The van der Waals surface area contributed by atoms with E-state index in [9.17, 15) is 18.4 Å². The monoisotopic (exact) mass is 327 g/mol. The summed E-state index contributed by atoms with van der Waals surface area (Å²) in [7, 11) is 0. The van der Waals surface area contributed by atoms with E-state index >= 15 is 0 Å². The van der Waals surface area contributed by atoms with Gasteiger partial charge in [0.2, 0.25) is 11.8 Å². The molecule has 122 valence electrons. The van der Waals surface area contributed by atoms with Crippen LogP contribution in [0.3, 0.4) is 0 Å². The average Bonchev–Trinajstić information content (AvgIpc) is 3.22. The Hall–Kier alpha value is -2.56. The van der Waals surface area contributed by atoms with Crippen molar-refractivity contribution in [2.75, 3.05) is 0 Å². The van der Waals surface area contributed by atoms with E-state index < -0.39 is 17.0 Å². The Morgan fingerprint density at radius 2 is 1.83 bits per heavy atom. The number of carbonyl (C=O) groups excluding carboxylic acids is 2. The summed E-state index contributed by atoms with van der Waals surface area (Å²) in [6.45, 7) is 0.235. The minimum Gasteiger partial charge on any atom is -0.278 e. The van der Waals surface area contributed by atoms with Crippen LogP contribution in [0.4, 0.5) is 8.78 Å². The minimum atomic E-state index is -0.843. The summed E-state index contributed by atoms with van der Waals surface area (Å²) in [4.78, 5) is 26.3. The Labute approximate surface area is 137 Å². The molecule has 0 N–H and O–H groups in total. The molecule has 24 heavy (non-hydrogen) atoms. The number of halogens is 2. The number of amides is 2. The number of likely N-dealkylation sites (tertiary alicyclic amines) is 1. The molecule has 1 saturated carbocycles. The Morgan fingerprint density at radius 1 is 1.08 bits per heavy atom. The molecule has 2 fully saturated rings. The smallest absolute Gasteiger partial charge is 0.236 e. The van der Waals surface area contributed by atoms with Crippen LogP contribution in [0, 0.1) is 17.0 Å². The molecule has 0 aromatic heterocycles. The van der Waals surface area contributed by atoms with Crippen LogP contribution in [0.15, 0.2) is 48.5 Å². The number of nitrogens with zero attached hydrogens (tertiary/aromatic N) is 1. The zero-order valence-corrected chi connectivity index (χ0v) is 12.8. The highest BCUT2D eigenvalue weighted by Crippen LogP contribution is 2.65. The maximum Gasteiger partial charge on any atom is 0.236 e. The lowest BCUT2D eigenvalue weighted by atomic mass is 9.97. The Bertz CT molecular complexity index is 837. The van der Waals surface area contributed by atoms with E-state index in [1.54, 1.807) is 0 Å². The first-order valence-corrected chi connectivity index (χ1v) is 7.85. The zero-order chi connectivity index (χ0) is 16.9. The van der Waals surface area contributed by atoms with Gasteiger partial charge in [-0.1, -0.05) is 36.4 Å². The number of rotatable bonds is 3. The fraction of sp³-hybridized carbons (Fsp3) is 0.263. The normalized spacial score (nSPS) is 25.6. The lowest BCUT2D eigenvalue weighted by molar-refractivity contribution is -0.140. The minimum absolute atomic E-state index is 0.0974. The van der Waals surface area contributed by atoms with Gasteiger partial charge < -0.3 is 0 Å². The van der Waals surface area contributed by atoms with Crippen LogP contribution in [0.2, 0.25) is 0 Å². The third-order valence-corrected chi connectivity index (χ3v) is 5.04. The van der Waals surface area contributed by atoms with Gasteiger partial charge >= 0.3 is 0 Å². The summed E-state index contributed by atoms with van der Waals surface area (Å²) in [5.74, 6) is -2.13. The number of carbonyl (C=O) groups is 2. The highest BCUT2D eigenvalue weighted by Gasteiger charge is 2.67. The summed E-state index contributed by atoms with van der Waals surface area (Å²) >= 11 is 0. The lowest BCUT2D eigenvalue weighted by Crippen LogP contribution is -2.30. The van der Waals surface area contributed by atoms with Crippen molar-refractivity contribution in [3.8, 4) is 0 Å². The van der Waals surface area contributed by atoms with Crippen molar-refractivity contribution >= 4 is 11.8 Å². The van der Waals surface area contributed by atoms with E-state index in [4.69, 9.17) is 0 Å². The van der Waals surface area contributed by atoms with Crippen molar-refractivity contribution in [2.45, 2.75) is 25.3 Å². The molecule has 3 nitrogen and oxygen atoms in total. The van der Waals surface area contributed by atoms with Crippen molar-refractivity contribution < 1.29 is 18.4 Å². The van der Waals surface area contributed by atoms with Crippen molar-refractivity contribution in [1.82, 2.24) is 4.90 Å². The van der Waals surface area contributed by atoms with Gasteiger partial charge in [0.05, 0.1) is 12.0 Å². The Morgan fingerprint density at radius 3 is 2.54 bits per heavy atom. The molecule has 2 aromatic rings. The number of imide groups is 1. The standard InChI is InChI=1S/C19H15F2NO2/c20-13-6-7-14(16(21)8-13)15-9-19(15)10-17(23)22(18(19)24)11-12-4-2-1-3-5-12/h1-8,15H,9-11H2/t15-,19+/m0/s1. The van der Waals surface area contributed by atoms with Gasteiger partial charge in [0.1, 0.15) is 11.6 Å². The third kappa shape index (κ3) is 2.23. The molecule has 1 saturated heterocycles. The SMILES string of the molecule is O=C1C[C@@]2(C[C@H]2c2ccc(F)cc2F)C(=O)N1Cc1ccccc1. The number of hydrogen-bond acceptors (Lipinski definition) is 2. The first kappa shape index (κ1) is 15.0. The molecule has 0 bridgehead atoms. The van der Waals surface area contributed by atoms with Crippen LogP contribution in [-0.2, 0) is 16.1 Å². The van der Waals surface area contributed by atoms with Gasteiger partial charge in [-0.3, -0.25) is 14.5 Å². The molecule has 2 amide bonds. The fourth-order valence-electron chi connectivity index (χ4n) is 3.68. The number of benzene rings is 2. The topological polar surface area (TPSA) is 37.4 Å². The summed E-state index contributed by atoms with van der Waals surface area (Å²) in [5.41, 5.74) is 0.352. The second-order valence-corrected chi connectivity index (χ2v) is 6.53. The van der Waals surface area contributed by atoms with Gasteiger partial charge in [0, 0.05) is 18.4 Å². The molecular weight excluding hydrogens is 312 g/mol. The molecule has 1 spiro atoms. The highest BCUT2D eigenvalue weighted by atomic mass is 19.1. The molecule has 1 heterocycles. The summed E-state index contributed by atoms with van der Waals surface area (Å²) in [6.07, 6.45) is 0.533. The van der Waals surface area contributed by atoms with Crippen LogP contribution < -0.4 is 0 Å². The van der Waals surface area contributed by atoms with Gasteiger partial charge in [0.25, 0.3) is 0 Å². The number of hydrogen-bond donors (Lipinski definition) is 0. The molecule has 2 aromatic carbocycles. The van der Waals surface area contributed by atoms with Gasteiger partial charge in [0.15, 0.2) is 0 Å². The van der Waals surface area contributed by atoms with Gasteiger partial charge in [-0.25, -0.2) is 8.78 Å². The van der Waals surface area contributed by atoms with Gasteiger partial charge in [-0.05, 0) is 23.6 Å². The first-order valence-electron chi connectivity index (χ1n) is 7.85. The fourth-order valence-corrected chi connectivity index (χ4v) is 3.68. The summed E-state index contributed by atoms with van der Waals surface area (Å²) in [6, 6.07) is 12.7. The molecule has 1 aliphatic carbocycles. The first-order chi connectivity index (χ1) is 11.5. The second-order valence-electron chi connectivity index (χ2n) is 6.53. The maximum atomic E-state index is 14.0. The second kappa shape index (κ2) is 5.23. The predicted octanol–water partition coefficient (Wildman–Crippen LogP) is 3.40. The Kier molecular flexibility index (Phi) is 3.27. The van der Waals surface area contributed by atoms with Crippen molar-refractivity contribution in [1.29, 1.82) is 0 Å². The van der Waals surface area contributed by atoms with Crippen molar-refractivity contribution in [3.63, 3.8) is 0 Å². The molecule has 0 radical (unpaired) electrons.